The number of aliphatic imine (C=N–C) groups is 1. The Morgan fingerprint density at radius 1 is 1.32 bits per heavy atom. The Hall–Kier alpha value is -1.09. The summed E-state index contributed by atoms with van der Waals surface area (Å²) in [5, 5.41) is 7.73. The van der Waals surface area contributed by atoms with Crippen LogP contribution in [0.1, 0.15) is 13.8 Å². The first-order valence-electron chi connectivity index (χ1n) is 5.57. The van der Waals surface area contributed by atoms with Crippen LogP contribution in [0.3, 0.4) is 0 Å². The van der Waals surface area contributed by atoms with E-state index in [1.54, 1.807) is 12.1 Å². The molecule has 19 heavy (non-hydrogen) atoms. The second kappa shape index (κ2) is 4.78. The first kappa shape index (κ1) is 14.3. The SMILES string of the molecule is CSC1=NC(C)(C)NN1c1ccc(S(N)(=O)=O)cc1. The summed E-state index contributed by atoms with van der Waals surface area (Å²) in [5.74, 6) is 0. The molecule has 6 nitrogen and oxygen atoms in total. The first-order valence-corrected chi connectivity index (χ1v) is 8.35. The second-order valence-electron chi connectivity index (χ2n) is 4.64. The van der Waals surface area contributed by atoms with Crippen LogP contribution >= 0.6 is 11.8 Å². The molecule has 1 aliphatic rings. The number of sulfonamides is 1. The summed E-state index contributed by atoms with van der Waals surface area (Å²) >= 11 is 1.52. The monoisotopic (exact) mass is 300 g/mol. The third-order valence-electron chi connectivity index (χ3n) is 2.56. The van der Waals surface area contributed by atoms with Gasteiger partial charge in [0, 0.05) is 0 Å². The number of hydrazine groups is 1. The summed E-state index contributed by atoms with van der Waals surface area (Å²) in [6, 6.07) is 6.35. The van der Waals surface area contributed by atoms with E-state index in [1.807, 2.05) is 25.1 Å². The van der Waals surface area contributed by atoms with Gasteiger partial charge in [-0.1, -0.05) is 11.8 Å². The third-order valence-corrected chi connectivity index (χ3v) is 4.13. The van der Waals surface area contributed by atoms with E-state index in [1.165, 1.54) is 23.9 Å². The van der Waals surface area contributed by atoms with E-state index in [4.69, 9.17) is 5.14 Å². The van der Waals surface area contributed by atoms with Crippen molar-refractivity contribution in [2.45, 2.75) is 24.4 Å². The highest BCUT2D eigenvalue weighted by molar-refractivity contribution is 8.13. The van der Waals surface area contributed by atoms with E-state index in [-0.39, 0.29) is 10.6 Å². The molecular formula is C11H16N4O2S2. The van der Waals surface area contributed by atoms with Crippen LogP contribution in [-0.4, -0.2) is 25.5 Å². The van der Waals surface area contributed by atoms with Gasteiger partial charge < -0.3 is 0 Å². The molecule has 0 unspecified atom stereocenters. The van der Waals surface area contributed by atoms with Crippen molar-refractivity contribution in [1.29, 1.82) is 0 Å². The molecule has 3 N–H and O–H groups in total. The van der Waals surface area contributed by atoms with E-state index in [2.05, 4.69) is 10.4 Å². The molecule has 0 fully saturated rings. The molecule has 0 saturated carbocycles. The predicted octanol–water partition coefficient (Wildman–Crippen LogP) is 1.11. The number of primary sulfonamides is 1. The summed E-state index contributed by atoms with van der Waals surface area (Å²) in [5.41, 5.74) is 3.67. The molecule has 1 aromatic carbocycles. The number of nitrogens with two attached hydrogens (primary N) is 1. The number of thioether (sulfide) groups is 1. The molecule has 1 aromatic rings. The minimum absolute atomic E-state index is 0.0948. The highest BCUT2D eigenvalue weighted by Gasteiger charge is 2.30. The molecule has 0 spiro atoms. The van der Waals surface area contributed by atoms with E-state index in [9.17, 15) is 8.42 Å². The van der Waals surface area contributed by atoms with Gasteiger partial charge in [-0.2, -0.15) is 0 Å². The van der Waals surface area contributed by atoms with Crippen molar-refractivity contribution in [2.75, 3.05) is 11.3 Å². The Morgan fingerprint density at radius 2 is 1.89 bits per heavy atom. The molecule has 0 radical (unpaired) electrons. The Morgan fingerprint density at radius 3 is 2.37 bits per heavy atom. The van der Waals surface area contributed by atoms with Crippen LogP contribution in [0.4, 0.5) is 5.69 Å². The lowest BCUT2D eigenvalue weighted by molar-refractivity contribution is 0.448. The van der Waals surface area contributed by atoms with Gasteiger partial charge in [-0.05, 0) is 44.4 Å². The number of benzene rings is 1. The van der Waals surface area contributed by atoms with Crippen molar-refractivity contribution in [1.82, 2.24) is 5.43 Å². The predicted molar refractivity (Wildman–Crippen MR) is 78.5 cm³/mol. The van der Waals surface area contributed by atoms with Gasteiger partial charge in [0.2, 0.25) is 10.0 Å². The molecule has 1 heterocycles. The van der Waals surface area contributed by atoms with Crippen molar-refractivity contribution in [3.05, 3.63) is 24.3 Å². The van der Waals surface area contributed by atoms with Crippen molar-refractivity contribution in [3.63, 3.8) is 0 Å². The second-order valence-corrected chi connectivity index (χ2v) is 6.98. The van der Waals surface area contributed by atoms with Crippen molar-refractivity contribution in [2.24, 2.45) is 10.1 Å². The molecule has 2 rings (SSSR count). The van der Waals surface area contributed by atoms with Gasteiger partial charge in [0.25, 0.3) is 0 Å². The molecule has 0 aliphatic carbocycles. The van der Waals surface area contributed by atoms with E-state index >= 15 is 0 Å². The van der Waals surface area contributed by atoms with Crippen LogP contribution in [0, 0.1) is 0 Å². The number of nitrogens with zero attached hydrogens (tertiary/aromatic N) is 2. The molecule has 0 atom stereocenters. The van der Waals surface area contributed by atoms with Crippen LogP contribution < -0.4 is 15.6 Å². The molecule has 0 aromatic heterocycles. The summed E-state index contributed by atoms with van der Waals surface area (Å²) in [6.45, 7) is 3.92. The van der Waals surface area contributed by atoms with E-state index in [0.29, 0.717) is 0 Å². The van der Waals surface area contributed by atoms with Crippen LogP contribution in [0.5, 0.6) is 0 Å². The number of anilines is 1. The molecule has 0 amide bonds. The van der Waals surface area contributed by atoms with E-state index in [0.717, 1.165) is 10.9 Å². The highest BCUT2D eigenvalue weighted by atomic mass is 32.2. The van der Waals surface area contributed by atoms with Gasteiger partial charge in [0.05, 0.1) is 10.6 Å². The van der Waals surface area contributed by atoms with Gasteiger partial charge in [0.15, 0.2) is 5.17 Å². The number of hydrogen-bond donors (Lipinski definition) is 2. The number of hydrogen-bond acceptors (Lipinski definition) is 6. The Kier molecular flexibility index (Phi) is 3.61. The number of rotatable bonds is 2. The molecule has 0 saturated heterocycles. The average Bonchev–Trinajstić information content (AvgIpc) is 2.64. The Bertz CT molecular complexity index is 608. The van der Waals surface area contributed by atoms with E-state index < -0.39 is 10.0 Å². The maximum atomic E-state index is 11.2. The topological polar surface area (TPSA) is 87.8 Å². The van der Waals surface area contributed by atoms with Gasteiger partial charge in [-0.25, -0.2) is 24.0 Å². The van der Waals surface area contributed by atoms with Crippen LogP contribution in [0.2, 0.25) is 0 Å². The number of nitrogens with one attached hydrogen (secondary N) is 1. The summed E-state index contributed by atoms with van der Waals surface area (Å²) in [7, 11) is -3.66. The summed E-state index contributed by atoms with van der Waals surface area (Å²) in [4.78, 5) is 4.61. The minimum Gasteiger partial charge on any atom is -0.252 e. The minimum atomic E-state index is -3.66. The normalized spacial score (nSPS) is 18.5. The average molecular weight is 300 g/mol. The number of amidine groups is 1. The Labute approximate surface area is 117 Å². The molecule has 0 bridgehead atoms. The Balaban J connectivity index is 2.32. The van der Waals surface area contributed by atoms with Gasteiger partial charge in [-0.3, -0.25) is 5.01 Å². The fourth-order valence-corrected chi connectivity index (χ4v) is 2.90. The van der Waals surface area contributed by atoms with Gasteiger partial charge >= 0.3 is 0 Å². The highest BCUT2D eigenvalue weighted by Crippen LogP contribution is 2.26. The maximum Gasteiger partial charge on any atom is 0.238 e. The van der Waals surface area contributed by atoms with Crippen molar-refractivity contribution in [3.8, 4) is 0 Å². The summed E-state index contributed by atoms with van der Waals surface area (Å²) in [6.07, 6.45) is 1.94. The van der Waals surface area contributed by atoms with Crippen LogP contribution in [0.15, 0.2) is 34.2 Å². The first-order chi connectivity index (χ1) is 8.73. The standard InChI is InChI=1S/C11H16N4O2S2/c1-11(2)13-10(18-3)15(14-11)8-4-6-9(7-5-8)19(12,16)17/h4-7,14H,1-3H3,(H2,12,16,17). The molecule has 1 aliphatic heterocycles. The largest absolute Gasteiger partial charge is 0.252 e. The van der Waals surface area contributed by atoms with Crippen LogP contribution in [-0.2, 0) is 10.0 Å². The molecular weight excluding hydrogens is 284 g/mol. The zero-order chi connectivity index (χ0) is 14.3. The molecule has 8 heteroatoms. The fraction of sp³-hybridized carbons (Fsp3) is 0.364. The maximum absolute atomic E-state index is 11.2. The van der Waals surface area contributed by atoms with Crippen molar-refractivity contribution >= 4 is 32.6 Å². The summed E-state index contributed by atoms with van der Waals surface area (Å²) < 4.78 is 22.4. The third kappa shape index (κ3) is 3.08. The smallest absolute Gasteiger partial charge is 0.238 e. The zero-order valence-corrected chi connectivity index (χ0v) is 12.5. The van der Waals surface area contributed by atoms with Crippen LogP contribution in [0.25, 0.3) is 0 Å². The van der Waals surface area contributed by atoms with Crippen molar-refractivity contribution < 1.29 is 8.42 Å². The molecule has 104 valence electrons. The zero-order valence-electron chi connectivity index (χ0n) is 10.9. The fourth-order valence-electron chi connectivity index (χ4n) is 1.73. The lowest BCUT2D eigenvalue weighted by Crippen LogP contribution is -2.44. The van der Waals surface area contributed by atoms with Gasteiger partial charge in [-0.15, -0.1) is 0 Å². The lowest BCUT2D eigenvalue weighted by Gasteiger charge is -2.23. The van der Waals surface area contributed by atoms with Gasteiger partial charge in [0.1, 0.15) is 5.66 Å². The lowest BCUT2D eigenvalue weighted by atomic mass is 10.3. The quantitative estimate of drug-likeness (QED) is 0.854.